The summed E-state index contributed by atoms with van der Waals surface area (Å²) in [5.41, 5.74) is 2.55. The summed E-state index contributed by atoms with van der Waals surface area (Å²) in [7, 11) is -2.23. The minimum atomic E-state index is -3.65. The van der Waals surface area contributed by atoms with Crippen LogP contribution in [0.25, 0.3) is 0 Å². The van der Waals surface area contributed by atoms with Crippen molar-refractivity contribution in [2.24, 2.45) is 0 Å². The molecule has 1 amide bonds. The summed E-state index contributed by atoms with van der Waals surface area (Å²) in [6.07, 6.45) is 1.68. The van der Waals surface area contributed by atoms with Gasteiger partial charge in [0.1, 0.15) is 0 Å². The molecule has 2 aromatic rings. The Bertz CT molecular complexity index is 831. The van der Waals surface area contributed by atoms with E-state index in [4.69, 9.17) is 0 Å². The van der Waals surface area contributed by atoms with E-state index in [1.54, 1.807) is 18.2 Å². The SMILES string of the molecule is CC(C)c1ccc(CCCNC(=O)CN(C)S(=O)(=O)c2ccccc2)cc1. The molecule has 0 unspecified atom stereocenters. The fraction of sp³-hybridized carbons (Fsp3) is 0.381. The summed E-state index contributed by atoms with van der Waals surface area (Å²) in [6, 6.07) is 16.6. The van der Waals surface area contributed by atoms with Gasteiger partial charge >= 0.3 is 0 Å². The predicted octanol–water partition coefficient (Wildman–Crippen LogP) is 3.18. The van der Waals surface area contributed by atoms with Crippen LogP contribution in [0, 0.1) is 0 Å². The highest BCUT2D eigenvalue weighted by Crippen LogP contribution is 2.15. The molecule has 0 saturated heterocycles. The van der Waals surface area contributed by atoms with Gasteiger partial charge in [0.15, 0.2) is 0 Å². The van der Waals surface area contributed by atoms with Crippen molar-refractivity contribution < 1.29 is 13.2 Å². The fourth-order valence-electron chi connectivity index (χ4n) is 2.71. The molecule has 27 heavy (non-hydrogen) atoms. The van der Waals surface area contributed by atoms with E-state index in [2.05, 4.69) is 43.4 Å². The number of aryl methyl sites for hydroxylation is 1. The third kappa shape index (κ3) is 6.19. The van der Waals surface area contributed by atoms with Gasteiger partial charge in [-0.3, -0.25) is 4.79 Å². The molecule has 1 N–H and O–H groups in total. The van der Waals surface area contributed by atoms with E-state index in [0.29, 0.717) is 12.5 Å². The van der Waals surface area contributed by atoms with Crippen molar-refractivity contribution in [3.8, 4) is 0 Å². The van der Waals surface area contributed by atoms with E-state index in [0.717, 1.165) is 17.1 Å². The number of sulfonamides is 1. The Hall–Kier alpha value is -2.18. The van der Waals surface area contributed by atoms with E-state index in [9.17, 15) is 13.2 Å². The van der Waals surface area contributed by atoms with Gasteiger partial charge in [-0.25, -0.2) is 8.42 Å². The topological polar surface area (TPSA) is 66.5 Å². The van der Waals surface area contributed by atoms with Crippen LogP contribution in [0.2, 0.25) is 0 Å². The van der Waals surface area contributed by atoms with Gasteiger partial charge in [0.05, 0.1) is 11.4 Å². The largest absolute Gasteiger partial charge is 0.355 e. The highest BCUT2D eigenvalue weighted by atomic mass is 32.2. The normalized spacial score (nSPS) is 11.7. The maximum absolute atomic E-state index is 12.4. The summed E-state index contributed by atoms with van der Waals surface area (Å²) < 4.78 is 25.9. The average Bonchev–Trinajstić information content (AvgIpc) is 2.66. The van der Waals surface area contributed by atoms with E-state index in [1.165, 1.54) is 30.3 Å². The second-order valence-electron chi connectivity index (χ2n) is 6.92. The number of rotatable bonds is 9. The van der Waals surface area contributed by atoms with Crippen LogP contribution in [-0.4, -0.2) is 38.8 Å². The maximum atomic E-state index is 12.4. The fourth-order valence-corrected chi connectivity index (χ4v) is 3.85. The van der Waals surface area contributed by atoms with Crippen molar-refractivity contribution in [1.29, 1.82) is 0 Å². The minimum absolute atomic E-state index is 0.185. The second-order valence-corrected chi connectivity index (χ2v) is 8.97. The highest BCUT2D eigenvalue weighted by molar-refractivity contribution is 7.89. The van der Waals surface area contributed by atoms with Crippen molar-refractivity contribution in [1.82, 2.24) is 9.62 Å². The maximum Gasteiger partial charge on any atom is 0.243 e. The first kappa shape index (κ1) is 21.1. The molecule has 6 heteroatoms. The highest BCUT2D eigenvalue weighted by Gasteiger charge is 2.22. The first-order valence-electron chi connectivity index (χ1n) is 9.17. The molecule has 5 nitrogen and oxygen atoms in total. The first-order valence-corrected chi connectivity index (χ1v) is 10.6. The third-order valence-electron chi connectivity index (χ3n) is 4.43. The number of nitrogens with zero attached hydrogens (tertiary/aromatic N) is 1. The van der Waals surface area contributed by atoms with Crippen LogP contribution in [-0.2, 0) is 21.2 Å². The number of amides is 1. The molecule has 0 saturated carbocycles. The number of hydrogen-bond donors (Lipinski definition) is 1. The van der Waals surface area contributed by atoms with Gasteiger partial charge in [-0.2, -0.15) is 4.31 Å². The molecule has 0 aliphatic carbocycles. The molecular weight excluding hydrogens is 360 g/mol. The molecule has 0 fully saturated rings. The lowest BCUT2D eigenvalue weighted by Gasteiger charge is -2.16. The summed E-state index contributed by atoms with van der Waals surface area (Å²) in [5.74, 6) is 0.217. The molecule has 0 atom stereocenters. The Morgan fingerprint density at radius 2 is 1.67 bits per heavy atom. The first-order chi connectivity index (χ1) is 12.8. The lowest BCUT2D eigenvalue weighted by Crippen LogP contribution is -2.38. The van der Waals surface area contributed by atoms with Crippen LogP contribution in [0.4, 0.5) is 0 Å². The van der Waals surface area contributed by atoms with Crippen LogP contribution >= 0.6 is 0 Å². The zero-order valence-electron chi connectivity index (χ0n) is 16.2. The van der Waals surface area contributed by atoms with E-state index >= 15 is 0 Å². The Kier molecular flexibility index (Phi) is 7.56. The van der Waals surface area contributed by atoms with Gasteiger partial charge in [-0.15, -0.1) is 0 Å². The minimum Gasteiger partial charge on any atom is -0.355 e. The number of hydrogen-bond acceptors (Lipinski definition) is 3. The smallest absolute Gasteiger partial charge is 0.243 e. The van der Waals surface area contributed by atoms with Crippen molar-refractivity contribution >= 4 is 15.9 Å². The standard InChI is InChI=1S/C21H28N2O3S/c1-17(2)19-13-11-18(12-14-19)8-7-15-22-21(24)16-23(3)27(25,26)20-9-5-4-6-10-20/h4-6,9-14,17H,7-8,15-16H2,1-3H3,(H,22,24). The zero-order valence-corrected chi connectivity index (χ0v) is 17.0. The zero-order chi connectivity index (χ0) is 19.9. The molecule has 146 valence electrons. The van der Waals surface area contributed by atoms with Crippen molar-refractivity contribution in [2.75, 3.05) is 20.1 Å². The molecule has 2 rings (SSSR count). The Morgan fingerprint density at radius 3 is 2.26 bits per heavy atom. The Morgan fingerprint density at radius 1 is 1.04 bits per heavy atom. The molecule has 0 radical (unpaired) electrons. The monoisotopic (exact) mass is 388 g/mol. The summed E-state index contributed by atoms with van der Waals surface area (Å²) in [4.78, 5) is 12.2. The van der Waals surface area contributed by atoms with Gasteiger partial charge in [0.25, 0.3) is 0 Å². The van der Waals surface area contributed by atoms with E-state index < -0.39 is 10.0 Å². The lowest BCUT2D eigenvalue weighted by molar-refractivity contribution is -0.121. The number of benzene rings is 2. The summed E-state index contributed by atoms with van der Waals surface area (Å²) in [5, 5.41) is 2.79. The lowest BCUT2D eigenvalue weighted by atomic mass is 10.0. The summed E-state index contributed by atoms with van der Waals surface area (Å²) >= 11 is 0. The number of nitrogens with one attached hydrogen (secondary N) is 1. The van der Waals surface area contributed by atoms with Crippen LogP contribution in [0.1, 0.15) is 37.3 Å². The number of carbonyl (C=O) groups excluding carboxylic acids is 1. The van der Waals surface area contributed by atoms with E-state index in [-0.39, 0.29) is 17.3 Å². The Labute approximate surface area is 162 Å². The third-order valence-corrected chi connectivity index (χ3v) is 6.25. The van der Waals surface area contributed by atoms with Crippen LogP contribution in [0.5, 0.6) is 0 Å². The van der Waals surface area contributed by atoms with Crippen molar-refractivity contribution in [3.63, 3.8) is 0 Å². The van der Waals surface area contributed by atoms with Gasteiger partial charge in [-0.05, 0) is 42.0 Å². The van der Waals surface area contributed by atoms with Gasteiger partial charge in [0.2, 0.25) is 15.9 Å². The molecule has 0 aromatic heterocycles. The number of likely N-dealkylation sites (N-methyl/N-ethyl adjacent to an activating group) is 1. The van der Waals surface area contributed by atoms with Crippen molar-refractivity contribution in [3.05, 3.63) is 65.7 Å². The van der Waals surface area contributed by atoms with E-state index in [1.807, 2.05) is 0 Å². The molecule has 0 aliphatic rings. The van der Waals surface area contributed by atoms with Crippen LogP contribution < -0.4 is 5.32 Å². The average molecular weight is 389 g/mol. The van der Waals surface area contributed by atoms with Crippen molar-refractivity contribution in [2.45, 2.75) is 37.5 Å². The molecule has 2 aromatic carbocycles. The van der Waals surface area contributed by atoms with Crippen LogP contribution in [0.15, 0.2) is 59.5 Å². The molecule has 0 aliphatic heterocycles. The van der Waals surface area contributed by atoms with Crippen LogP contribution in [0.3, 0.4) is 0 Å². The quantitative estimate of drug-likeness (QED) is 0.671. The van der Waals surface area contributed by atoms with Gasteiger partial charge in [-0.1, -0.05) is 56.3 Å². The summed E-state index contributed by atoms with van der Waals surface area (Å²) in [6.45, 7) is 4.66. The number of carbonyl (C=O) groups is 1. The van der Waals surface area contributed by atoms with Gasteiger partial charge < -0.3 is 5.32 Å². The molecule has 0 spiro atoms. The predicted molar refractivity (Wildman–Crippen MR) is 108 cm³/mol. The molecular formula is C21H28N2O3S. The Balaban J connectivity index is 1.76. The molecule has 0 bridgehead atoms. The van der Waals surface area contributed by atoms with Gasteiger partial charge in [0, 0.05) is 13.6 Å². The second kappa shape index (κ2) is 9.67. The molecule has 0 heterocycles.